The van der Waals surface area contributed by atoms with Gasteiger partial charge >= 0.3 is 0 Å². The monoisotopic (exact) mass is 401 g/mol. The summed E-state index contributed by atoms with van der Waals surface area (Å²) in [5.41, 5.74) is 8.00. The van der Waals surface area contributed by atoms with Crippen LogP contribution >= 0.6 is 23.5 Å². The molecule has 0 fully saturated rings. The second-order valence-corrected chi connectivity index (χ2v) is 7.86. The third-order valence-corrected chi connectivity index (χ3v) is 5.83. The zero-order valence-electron chi connectivity index (χ0n) is 15.7. The van der Waals surface area contributed by atoms with Crippen LogP contribution in [0.15, 0.2) is 86.5 Å². The lowest BCUT2D eigenvalue weighted by atomic mass is 10.2. The average Bonchev–Trinajstić information content (AvgIpc) is 2.71. The van der Waals surface area contributed by atoms with Gasteiger partial charge in [0.15, 0.2) is 0 Å². The van der Waals surface area contributed by atoms with E-state index in [-0.39, 0.29) is 0 Å². The van der Waals surface area contributed by atoms with Gasteiger partial charge in [0.25, 0.3) is 0 Å². The van der Waals surface area contributed by atoms with Crippen molar-refractivity contribution >= 4 is 46.0 Å². The highest BCUT2D eigenvalue weighted by molar-refractivity contribution is 8.12. The standard InChI is InChI=1S/C23H19N3S2/c1-17-7-3-5-9-22(17)27-15-25-20-11-19(14-24)12-21(13-20)26-16-28-23-10-6-4-8-18(23)2/h3-13,15-16H,1-2H3/b25-15+,26-16+. The number of rotatable bonds is 6. The summed E-state index contributed by atoms with van der Waals surface area (Å²) in [5.74, 6) is 0. The van der Waals surface area contributed by atoms with Crippen molar-refractivity contribution in [2.24, 2.45) is 9.98 Å². The van der Waals surface area contributed by atoms with E-state index in [2.05, 4.69) is 54.2 Å². The maximum Gasteiger partial charge on any atom is 0.0993 e. The van der Waals surface area contributed by atoms with E-state index in [0.29, 0.717) is 16.9 Å². The van der Waals surface area contributed by atoms with Gasteiger partial charge in [-0.25, -0.2) is 9.98 Å². The molecule has 0 aromatic heterocycles. The van der Waals surface area contributed by atoms with Crippen molar-refractivity contribution in [3.63, 3.8) is 0 Å². The SMILES string of the molecule is Cc1ccccc1S/C=N/c1cc(C#N)cc(/N=C/Sc2ccccc2C)c1. The lowest BCUT2D eigenvalue weighted by Gasteiger charge is -2.02. The molecule has 0 saturated carbocycles. The molecule has 3 rings (SSSR count). The van der Waals surface area contributed by atoms with Gasteiger partial charge < -0.3 is 0 Å². The van der Waals surface area contributed by atoms with Crippen LogP contribution in [0.25, 0.3) is 0 Å². The van der Waals surface area contributed by atoms with Crippen molar-refractivity contribution < 1.29 is 0 Å². The third-order valence-electron chi connectivity index (χ3n) is 3.98. The van der Waals surface area contributed by atoms with E-state index in [0.717, 1.165) is 9.79 Å². The van der Waals surface area contributed by atoms with Crippen molar-refractivity contribution in [3.05, 3.63) is 83.4 Å². The highest BCUT2D eigenvalue weighted by Gasteiger charge is 2.01. The van der Waals surface area contributed by atoms with Gasteiger partial charge in [0.1, 0.15) is 0 Å². The molecular weight excluding hydrogens is 382 g/mol. The van der Waals surface area contributed by atoms with Gasteiger partial charge in [0.2, 0.25) is 0 Å². The van der Waals surface area contributed by atoms with E-state index in [1.807, 2.05) is 30.3 Å². The first-order valence-corrected chi connectivity index (χ1v) is 10.5. The Morgan fingerprint density at radius 1 is 0.750 bits per heavy atom. The van der Waals surface area contributed by atoms with Crippen LogP contribution in [0.3, 0.4) is 0 Å². The zero-order valence-corrected chi connectivity index (χ0v) is 17.3. The molecule has 0 heterocycles. The maximum absolute atomic E-state index is 9.30. The molecule has 5 heteroatoms. The Balaban J connectivity index is 1.74. The number of nitriles is 1. The summed E-state index contributed by atoms with van der Waals surface area (Å²) in [6.07, 6.45) is 0. The summed E-state index contributed by atoms with van der Waals surface area (Å²) in [5, 5.41) is 9.30. The van der Waals surface area contributed by atoms with Crippen molar-refractivity contribution in [2.45, 2.75) is 23.6 Å². The molecule has 0 spiro atoms. The smallest absolute Gasteiger partial charge is 0.0993 e. The second kappa shape index (κ2) is 9.93. The van der Waals surface area contributed by atoms with Crippen LogP contribution < -0.4 is 0 Å². The Morgan fingerprint density at radius 2 is 1.21 bits per heavy atom. The van der Waals surface area contributed by atoms with Crippen molar-refractivity contribution in [1.29, 1.82) is 5.26 Å². The summed E-state index contributed by atoms with van der Waals surface area (Å²) in [6.45, 7) is 4.15. The molecule has 28 heavy (non-hydrogen) atoms. The molecule has 0 bridgehead atoms. The van der Waals surface area contributed by atoms with Crippen LogP contribution in [0.2, 0.25) is 0 Å². The molecule has 0 unspecified atom stereocenters. The van der Waals surface area contributed by atoms with E-state index in [1.54, 1.807) is 46.7 Å². The van der Waals surface area contributed by atoms with Crippen LogP contribution in [0.1, 0.15) is 16.7 Å². The fraction of sp³-hybridized carbons (Fsp3) is 0.0870. The molecule has 0 N–H and O–H groups in total. The van der Waals surface area contributed by atoms with E-state index in [4.69, 9.17) is 0 Å². The molecular formula is C23H19N3S2. The number of benzene rings is 3. The molecule has 138 valence electrons. The average molecular weight is 402 g/mol. The molecule has 3 aromatic rings. The Bertz CT molecular complexity index is 990. The third kappa shape index (κ3) is 5.59. The first kappa shape index (κ1) is 19.9. The summed E-state index contributed by atoms with van der Waals surface area (Å²) in [7, 11) is 0. The summed E-state index contributed by atoms with van der Waals surface area (Å²) < 4.78 is 0. The fourth-order valence-corrected chi connectivity index (χ4v) is 3.87. The van der Waals surface area contributed by atoms with Crippen LogP contribution in [0, 0.1) is 25.2 Å². The minimum Gasteiger partial charge on any atom is -0.250 e. The number of thioether (sulfide) groups is 2. The number of hydrogen-bond acceptors (Lipinski definition) is 5. The van der Waals surface area contributed by atoms with Crippen molar-refractivity contribution in [1.82, 2.24) is 0 Å². The molecule has 0 aliphatic carbocycles. The zero-order chi connectivity index (χ0) is 19.8. The summed E-state index contributed by atoms with van der Waals surface area (Å²) >= 11 is 3.12. The summed E-state index contributed by atoms with van der Waals surface area (Å²) in [6, 6.07) is 23.9. The van der Waals surface area contributed by atoms with Gasteiger partial charge in [0, 0.05) is 9.79 Å². The number of aryl methyl sites for hydroxylation is 2. The number of aliphatic imine (C=N–C) groups is 2. The van der Waals surface area contributed by atoms with Gasteiger partial charge in [0.05, 0.1) is 34.1 Å². The predicted octanol–water partition coefficient (Wildman–Crippen LogP) is 7.08. The molecule has 3 aromatic carbocycles. The molecule has 0 amide bonds. The van der Waals surface area contributed by atoms with E-state index < -0.39 is 0 Å². The van der Waals surface area contributed by atoms with Crippen molar-refractivity contribution in [3.8, 4) is 6.07 Å². The van der Waals surface area contributed by atoms with Gasteiger partial charge in [-0.15, -0.1) is 0 Å². The molecule has 3 nitrogen and oxygen atoms in total. The molecule has 0 atom stereocenters. The quantitative estimate of drug-likeness (QED) is 0.252. The lowest BCUT2D eigenvalue weighted by Crippen LogP contribution is -1.79. The minimum atomic E-state index is 0.545. The normalized spacial score (nSPS) is 11.2. The van der Waals surface area contributed by atoms with Gasteiger partial charge in [-0.1, -0.05) is 59.9 Å². The van der Waals surface area contributed by atoms with Crippen molar-refractivity contribution in [2.75, 3.05) is 0 Å². The van der Waals surface area contributed by atoms with E-state index >= 15 is 0 Å². The van der Waals surface area contributed by atoms with Crippen LogP contribution in [-0.4, -0.2) is 11.1 Å². The topological polar surface area (TPSA) is 48.5 Å². The first-order valence-electron chi connectivity index (χ1n) is 8.70. The second-order valence-electron chi connectivity index (χ2n) is 6.09. The van der Waals surface area contributed by atoms with Gasteiger partial charge in [-0.3, -0.25) is 0 Å². The van der Waals surface area contributed by atoms with Crippen LogP contribution in [0.5, 0.6) is 0 Å². The maximum atomic E-state index is 9.30. The van der Waals surface area contributed by atoms with Crippen LogP contribution in [0.4, 0.5) is 11.4 Å². The van der Waals surface area contributed by atoms with Gasteiger partial charge in [-0.05, 0) is 55.3 Å². The highest BCUT2D eigenvalue weighted by Crippen LogP contribution is 2.27. The fourth-order valence-electron chi connectivity index (χ4n) is 2.47. The number of hydrogen-bond donors (Lipinski definition) is 0. The Hall–Kier alpha value is -2.81. The Morgan fingerprint density at radius 3 is 1.64 bits per heavy atom. The minimum absolute atomic E-state index is 0.545. The van der Waals surface area contributed by atoms with Crippen LogP contribution in [-0.2, 0) is 0 Å². The Kier molecular flexibility index (Phi) is 7.07. The molecule has 0 aliphatic rings. The molecule has 0 radical (unpaired) electrons. The first-order chi connectivity index (χ1) is 13.7. The summed E-state index contributed by atoms with van der Waals surface area (Å²) in [4.78, 5) is 11.3. The van der Waals surface area contributed by atoms with E-state index in [1.165, 1.54) is 11.1 Å². The van der Waals surface area contributed by atoms with E-state index in [9.17, 15) is 5.26 Å². The largest absolute Gasteiger partial charge is 0.250 e. The molecule has 0 saturated heterocycles. The number of nitrogens with zero attached hydrogens (tertiary/aromatic N) is 3. The van der Waals surface area contributed by atoms with Gasteiger partial charge in [-0.2, -0.15) is 5.26 Å². The molecule has 0 aliphatic heterocycles. The highest BCUT2D eigenvalue weighted by atomic mass is 32.2. The predicted molar refractivity (Wildman–Crippen MR) is 122 cm³/mol. The lowest BCUT2D eigenvalue weighted by molar-refractivity contribution is 1.31. The Labute approximate surface area is 174 Å².